The van der Waals surface area contributed by atoms with E-state index in [9.17, 15) is 14.4 Å². The third-order valence-electron chi connectivity index (χ3n) is 8.21. The van der Waals surface area contributed by atoms with Crippen LogP contribution in [0.1, 0.15) is 69.4 Å². The Morgan fingerprint density at radius 3 is 1.91 bits per heavy atom. The van der Waals surface area contributed by atoms with E-state index in [0.717, 1.165) is 0 Å². The Morgan fingerprint density at radius 1 is 0.956 bits per heavy atom. The minimum Gasteiger partial charge on any atom is -0.543 e. The van der Waals surface area contributed by atoms with Crippen LogP contribution >= 0.6 is 46.6 Å². The summed E-state index contributed by atoms with van der Waals surface area (Å²) in [5.74, 6) is -0.546. The maximum Gasteiger partial charge on any atom is 0.339 e. The zero-order chi connectivity index (χ0) is 35.2. The number of ether oxygens (including phenoxy) is 2. The van der Waals surface area contributed by atoms with Crippen molar-refractivity contribution >= 4 is 81.0 Å². The molecule has 1 unspecified atom stereocenters. The van der Waals surface area contributed by atoms with Gasteiger partial charge in [0.1, 0.15) is 24.1 Å². The number of carbonyl (C=O) groups is 3. The van der Waals surface area contributed by atoms with E-state index in [4.69, 9.17) is 58.2 Å². The number of nitrogens with one attached hydrogen (secondary N) is 1. The van der Waals surface area contributed by atoms with Crippen molar-refractivity contribution in [3.05, 3.63) is 22.8 Å². The van der Waals surface area contributed by atoms with Crippen molar-refractivity contribution in [3.63, 3.8) is 0 Å². The fourth-order valence-corrected chi connectivity index (χ4v) is 6.77. The van der Waals surface area contributed by atoms with Gasteiger partial charge >= 0.3 is 11.9 Å². The van der Waals surface area contributed by atoms with Gasteiger partial charge in [-0.25, -0.2) is 9.59 Å². The Kier molecular flexibility index (Phi) is 15.2. The monoisotopic (exact) mass is 745 g/mol. The molecule has 0 saturated heterocycles. The predicted molar refractivity (Wildman–Crippen MR) is 189 cm³/mol. The van der Waals surface area contributed by atoms with Gasteiger partial charge in [0, 0.05) is 35.1 Å². The number of aliphatic hydroxyl groups is 1. The van der Waals surface area contributed by atoms with Gasteiger partial charge in [-0.15, -0.1) is 0 Å². The number of halogens is 3. The first kappa shape index (κ1) is 41.9. The number of aliphatic hydroxyl groups excluding tert-OH is 1. The number of thioether (sulfide) groups is 1. The van der Waals surface area contributed by atoms with Crippen LogP contribution in [0.2, 0.25) is 36.3 Å². The molecule has 0 heterocycles. The second-order valence-electron chi connectivity index (χ2n) is 13.9. The molecule has 1 amide bonds. The van der Waals surface area contributed by atoms with Gasteiger partial charge < -0.3 is 28.7 Å². The molecule has 1 aromatic carbocycles. The molecule has 2 N–H and O–H groups in total. The lowest BCUT2D eigenvalue weighted by atomic mass is 10.0. The number of amides is 1. The summed E-state index contributed by atoms with van der Waals surface area (Å²) in [7, 11) is -3.60. The highest BCUT2D eigenvalue weighted by Gasteiger charge is 2.42. The summed E-state index contributed by atoms with van der Waals surface area (Å²) < 4.78 is 22.1. The number of esters is 2. The number of rotatable bonds is 14. The molecule has 1 atom stereocenters. The molecule has 0 aliphatic rings. The van der Waals surface area contributed by atoms with Gasteiger partial charge in [0.2, 0.25) is 26.3 Å². The Balaban J connectivity index is 3.85. The van der Waals surface area contributed by atoms with E-state index in [1.54, 1.807) is 6.92 Å². The summed E-state index contributed by atoms with van der Waals surface area (Å²) in [6.45, 7) is 22.1. The zero-order valence-corrected chi connectivity index (χ0v) is 33.6. The van der Waals surface area contributed by atoms with E-state index in [1.807, 2.05) is 6.07 Å². The first-order valence-corrected chi connectivity index (χ1v) is 22.7. The topological polar surface area (TPSA) is 120 Å². The molecule has 1 aromatic rings. The normalized spacial score (nSPS) is 13.6. The molecule has 1 rings (SSSR count). The van der Waals surface area contributed by atoms with Gasteiger partial charge in [0.05, 0.1) is 19.3 Å². The van der Waals surface area contributed by atoms with Gasteiger partial charge in [0.15, 0.2) is 0 Å². The molecule has 0 aliphatic carbocycles. The fraction of sp³-hybridized carbons (Fsp3) is 0.700. The Morgan fingerprint density at radius 2 is 1.47 bits per heavy atom. The highest BCUT2D eigenvalue weighted by molar-refractivity contribution is 7.98. The molecule has 9 nitrogen and oxygen atoms in total. The predicted octanol–water partition coefficient (Wildman–Crippen LogP) is 7.56. The van der Waals surface area contributed by atoms with Crippen molar-refractivity contribution in [3.8, 4) is 11.5 Å². The Bertz CT molecular complexity index is 1210. The second kappa shape index (κ2) is 16.3. The van der Waals surface area contributed by atoms with Crippen LogP contribution in [0.25, 0.3) is 0 Å². The quantitative estimate of drug-likeness (QED) is 0.113. The van der Waals surface area contributed by atoms with Crippen molar-refractivity contribution in [1.82, 2.24) is 5.32 Å². The molecule has 0 fully saturated rings. The SMILES string of the molecule is COC(=O)C(CSCc1c(O[Si](C)(C)C(C)(C)C)cc(O[Si](C)(C)C(C)(C)C)c(C)c1C(=O)OCC(Cl)(Cl)Cl)NC(=O)CCO. The molecule has 0 aliphatic heterocycles. The van der Waals surface area contributed by atoms with Crippen LogP contribution in [-0.2, 0) is 24.8 Å². The average molecular weight is 747 g/mol. The van der Waals surface area contributed by atoms with Gasteiger partial charge in [-0.2, -0.15) is 11.8 Å². The van der Waals surface area contributed by atoms with Crippen LogP contribution in [0, 0.1) is 6.92 Å². The van der Waals surface area contributed by atoms with Gasteiger partial charge in [-0.05, 0) is 43.2 Å². The summed E-state index contributed by atoms with van der Waals surface area (Å²) in [5, 5.41) is 11.4. The summed E-state index contributed by atoms with van der Waals surface area (Å²) >= 11 is 19.1. The van der Waals surface area contributed by atoms with Crippen LogP contribution in [-0.4, -0.2) is 75.5 Å². The minimum atomic E-state index is -2.46. The molecular weight excluding hydrogens is 697 g/mol. The third kappa shape index (κ3) is 12.4. The molecule has 0 saturated carbocycles. The number of methoxy groups -OCH3 is 1. The summed E-state index contributed by atoms with van der Waals surface area (Å²) in [6, 6.07) is 0.865. The van der Waals surface area contributed by atoms with E-state index in [2.05, 4.69) is 73.0 Å². The molecule has 0 radical (unpaired) electrons. The van der Waals surface area contributed by atoms with Gasteiger partial charge in [-0.1, -0.05) is 76.3 Å². The van der Waals surface area contributed by atoms with E-state index >= 15 is 0 Å². The summed E-state index contributed by atoms with van der Waals surface area (Å²) in [6.07, 6.45) is -0.156. The Hall–Kier alpha value is -1.16. The Labute approximate surface area is 290 Å². The lowest BCUT2D eigenvalue weighted by Crippen LogP contribution is -2.45. The van der Waals surface area contributed by atoms with Gasteiger partial charge in [-0.3, -0.25) is 4.79 Å². The smallest absolute Gasteiger partial charge is 0.339 e. The van der Waals surface area contributed by atoms with Crippen molar-refractivity contribution in [2.75, 3.05) is 26.1 Å². The molecule has 0 spiro atoms. The minimum absolute atomic E-state index is 0.118. The van der Waals surface area contributed by atoms with Crippen molar-refractivity contribution in [1.29, 1.82) is 0 Å². The number of alkyl halides is 3. The molecule has 45 heavy (non-hydrogen) atoms. The summed E-state index contributed by atoms with van der Waals surface area (Å²) in [4.78, 5) is 38.4. The van der Waals surface area contributed by atoms with Crippen molar-refractivity contribution < 1.29 is 37.8 Å². The number of benzene rings is 1. The maximum absolute atomic E-state index is 13.8. The molecule has 0 bridgehead atoms. The average Bonchev–Trinajstić information content (AvgIpc) is 2.86. The third-order valence-corrected chi connectivity index (χ3v) is 18.3. The highest BCUT2D eigenvalue weighted by atomic mass is 35.6. The van der Waals surface area contributed by atoms with Crippen LogP contribution in [0.5, 0.6) is 11.5 Å². The molecule has 258 valence electrons. The summed E-state index contributed by atoms with van der Waals surface area (Å²) in [5.41, 5.74) is 1.30. The van der Waals surface area contributed by atoms with Crippen LogP contribution < -0.4 is 14.2 Å². The van der Waals surface area contributed by atoms with Gasteiger partial charge in [0.25, 0.3) is 0 Å². The number of hydrogen-bond acceptors (Lipinski definition) is 9. The van der Waals surface area contributed by atoms with Crippen LogP contribution in [0.3, 0.4) is 0 Å². The van der Waals surface area contributed by atoms with Crippen molar-refractivity contribution in [2.24, 2.45) is 0 Å². The fourth-order valence-electron chi connectivity index (χ4n) is 3.44. The lowest BCUT2D eigenvalue weighted by Gasteiger charge is -2.39. The van der Waals surface area contributed by atoms with E-state index in [-0.39, 0.29) is 40.2 Å². The van der Waals surface area contributed by atoms with Crippen LogP contribution in [0.15, 0.2) is 6.07 Å². The highest BCUT2D eigenvalue weighted by Crippen LogP contribution is 2.45. The molecule has 0 aromatic heterocycles. The largest absolute Gasteiger partial charge is 0.543 e. The zero-order valence-electron chi connectivity index (χ0n) is 28.5. The number of carbonyl (C=O) groups excluding carboxylic acids is 3. The number of hydrogen-bond donors (Lipinski definition) is 2. The van der Waals surface area contributed by atoms with Crippen LogP contribution in [0.4, 0.5) is 0 Å². The lowest BCUT2D eigenvalue weighted by molar-refractivity contribution is -0.144. The van der Waals surface area contributed by atoms with E-state index < -0.39 is 50.9 Å². The van der Waals surface area contributed by atoms with E-state index in [1.165, 1.54) is 18.9 Å². The second-order valence-corrected chi connectivity index (χ2v) is 26.9. The first-order chi connectivity index (χ1) is 20.3. The molecular formula is C30H50Cl3NO8SSi2. The maximum atomic E-state index is 13.8. The molecule has 15 heteroatoms. The van der Waals surface area contributed by atoms with Crippen molar-refractivity contribution in [2.45, 2.75) is 107 Å². The first-order valence-electron chi connectivity index (χ1n) is 14.6. The van der Waals surface area contributed by atoms with E-state index in [0.29, 0.717) is 22.6 Å². The standard InChI is InChI=1S/C30H50Cl3NO8SSi2/c1-19-22(41-44(9,10)28(2,3)4)15-23(42-45(11,12)29(5,6)7)20(25(19)27(38)40-18-30(31,32)33)16-43-17-21(26(37)39-8)34-24(36)13-14-35/h15,21,35H,13-14,16-18H2,1-12H3,(H,34,36).